The molecule has 1 atom stereocenters. The van der Waals surface area contributed by atoms with Gasteiger partial charge in [0.25, 0.3) is 0 Å². The Kier molecular flexibility index (Phi) is 4.80. The maximum absolute atomic E-state index is 13.8. The number of methoxy groups -OCH3 is 2. The van der Waals surface area contributed by atoms with E-state index in [4.69, 9.17) is 9.47 Å². The fraction of sp³-hybridized carbons (Fsp3) is 0.200. The molecule has 0 radical (unpaired) electrons. The average molecular weight is 359 g/mol. The molecule has 0 saturated heterocycles. The maximum atomic E-state index is 13.8. The zero-order chi connectivity index (χ0) is 15.6. The highest BCUT2D eigenvalue weighted by Gasteiger charge is 2.21. The summed E-state index contributed by atoms with van der Waals surface area (Å²) in [5.41, 5.74) is 0.280. The molecule has 0 aliphatic carbocycles. The standard InChI is InChI=1S/C15H13BrF2O3/c1-20-13-7-11(16)14(21-2)6-10(13)15(19)9-4-3-8(17)5-12(9)18/h3-7,15,19H,1-2H3. The van der Waals surface area contributed by atoms with Crippen LogP contribution in [0.15, 0.2) is 34.8 Å². The molecule has 2 aromatic rings. The van der Waals surface area contributed by atoms with E-state index >= 15 is 0 Å². The van der Waals surface area contributed by atoms with Crippen molar-refractivity contribution in [1.29, 1.82) is 0 Å². The number of benzene rings is 2. The van der Waals surface area contributed by atoms with Gasteiger partial charge in [0.1, 0.15) is 29.2 Å². The van der Waals surface area contributed by atoms with E-state index in [0.717, 1.165) is 12.1 Å². The van der Waals surface area contributed by atoms with Gasteiger partial charge in [-0.1, -0.05) is 6.07 Å². The van der Waals surface area contributed by atoms with E-state index in [2.05, 4.69) is 15.9 Å². The van der Waals surface area contributed by atoms with Crippen molar-refractivity contribution in [3.8, 4) is 11.5 Å². The lowest BCUT2D eigenvalue weighted by molar-refractivity contribution is 0.208. The second kappa shape index (κ2) is 6.41. The van der Waals surface area contributed by atoms with Gasteiger partial charge in [-0.05, 0) is 34.1 Å². The van der Waals surface area contributed by atoms with Crippen LogP contribution in [0.4, 0.5) is 8.78 Å². The van der Waals surface area contributed by atoms with Gasteiger partial charge in [-0.2, -0.15) is 0 Å². The minimum Gasteiger partial charge on any atom is -0.496 e. The van der Waals surface area contributed by atoms with E-state index in [1.165, 1.54) is 26.4 Å². The van der Waals surface area contributed by atoms with Crippen LogP contribution in [0.3, 0.4) is 0 Å². The van der Waals surface area contributed by atoms with Crippen LogP contribution in [0.25, 0.3) is 0 Å². The minimum atomic E-state index is -1.30. The molecule has 0 aliphatic rings. The Balaban J connectivity index is 2.53. The highest BCUT2D eigenvalue weighted by atomic mass is 79.9. The Morgan fingerprint density at radius 2 is 1.67 bits per heavy atom. The first-order valence-electron chi connectivity index (χ1n) is 6.02. The molecule has 2 aromatic carbocycles. The van der Waals surface area contributed by atoms with Crippen LogP contribution in [0, 0.1) is 11.6 Å². The summed E-state index contributed by atoms with van der Waals surface area (Å²) < 4.78 is 37.7. The van der Waals surface area contributed by atoms with Gasteiger partial charge in [-0.25, -0.2) is 8.78 Å². The van der Waals surface area contributed by atoms with Gasteiger partial charge in [0, 0.05) is 17.2 Å². The van der Waals surface area contributed by atoms with E-state index in [0.29, 0.717) is 21.5 Å². The number of ether oxygens (including phenoxy) is 2. The van der Waals surface area contributed by atoms with Crippen LogP contribution < -0.4 is 9.47 Å². The Hall–Kier alpha value is -1.66. The summed E-state index contributed by atoms with van der Waals surface area (Å²) in [7, 11) is 2.91. The van der Waals surface area contributed by atoms with Gasteiger partial charge in [0.2, 0.25) is 0 Å². The molecule has 21 heavy (non-hydrogen) atoms. The molecular formula is C15H13BrF2O3. The Labute approximate surface area is 129 Å². The molecule has 0 heterocycles. The highest BCUT2D eigenvalue weighted by Crippen LogP contribution is 2.38. The molecule has 1 unspecified atom stereocenters. The molecule has 0 fully saturated rings. The van der Waals surface area contributed by atoms with Crippen LogP contribution in [0.5, 0.6) is 11.5 Å². The largest absolute Gasteiger partial charge is 0.496 e. The number of aliphatic hydroxyl groups excluding tert-OH is 1. The van der Waals surface area contributed by atoms with Crippen molar-refractivity contribution < 1.29 is 23.4 Å². The molecule has 1 N–H and O–H groups in total. The SMILES string of the molecule is COc1cc(C(O)c2ccc(F)cc2F)c(OC)cc1Br. The third-order valence-corrected chi connectivity index (χ3v) is 3.68. The van der Waals surface area contributed by atoms with E-state index in [1.54, 1.807) is 6.07 Å². The third kappa shape index (κ3) is 3.16. The van der Waals surface area contributed by atoms with Crippen molar-refractivity contribution in [3.05, 3.63) is 57.6 Å². The average Bonchev–Trinajstić information content (AvgIpc) is 2.46. The van der Waals surface area contributed by atoms with Crippen LogP contribution in [0.1, 0.15) is 17.2 Å². The van der Waals surface area contributed by atoms with Crippen molar-refractivity contribution >= 4 is 15.9 Å². The summed E-state index contributed by atoms with van der Waals surface area (Å²) >= 11 is 3.30. The summed E-state index contributed by atoms with van der Waals surface area (Å²) in [5, 5.41) is 10.4. The number of hydrogen-bond donors (Lipinski definition) is 1. The first kappa shape index (κ1) is 15.7. The molecule has 0 aromatic heterocycles. The van der Waals surface area contributed by atoms with E-state index in [1.807, 2.05) is 0 Å². The molecule has 0 aliphatic heterocycles. The molecule has 0 bridgehead atoms. The molecule has 6 heteroatoms. The van der Waals surface area contributed by atoms with E-state index in [-0.39, 0.29) is 5.56 Å². The zero-order valence-electron chi connectivity index (χ0n) is 11.4. The summed E-state index contributed by atoms with van der Waals surface area (Å²) in [4.78, 5) is 0. The lowest BCUT2D eigenvalue weighted by Crippen LogP contribution is -2.06. The Morgan fingerprint density at radius 3 is 2.24 bits per heavy atom. The Morgan fingerprint density at radius 1 is 1.00 bits per heavy atom. The van der Waals surface area contributed by atoms with E-state index < -0.39 is 17.7 Å². The summed E-state index contributed by atoms with van der Waals surface area (Å²) in [6.45, 7) is 0. The predicted octanol–water partition coefficient (Wildman–Crippen LogP) is 3.83. The molecule has 0 spiro atoms. The van der Waals surface area contributed by atoms with E-state index in [9.17, 15) is 13.9 Å². The van der Waals surface area contributed by atoms with Crippen LogP contribution >= 0.6 is 15.9 Å². The fourth-order valence-electron chi connectivity index (χ4n) is 1.99. The van der Waals surface area contributed by atoms with Crippen molar-refractivity contribution in [1.82, 2.24) is 0 Å². The topological polar surface area (TPSA) is 38.7 Å². The number of rotatable bonds is 4. The molecule has 2 rings (SSSR count). The van der Waals surface area contributed by atoms with Crippen molar-refractivity contribution in [3.63, 3.8) is 0 Å². The molecular weight excluding hydrogens is 346 g/mol. The van der Waals surface area contributed by atoms with Gasteiger partial charge in [-0.15, -0.1) is 0 Å². The molecule has 3 nitrogen and oxygen atoms in total. The summed E-state index contributed by atoms with van der Waals surface area (Å²) in [6, 6.07) is 6.16. The van der Waals surface area contributed by atoms with Gasteiger partial charge < -0.3 is 14.6 Å². The third-order valence-electron chi connectivity index (χ3n) is 3.06. The van der Waals surface area contributed by atoms with Crippen molar-refractivity contribution in [2.45, 2.75) is 6.10 Å². The number of hydrogen-bond acceptors (Lipinski definition) is 3. The van der Waals surface area contributed by atoms with Crippen LogP contribution in [-0.4, -0.2) is 19.3 Å². The normalized spacial score (nSPS) is 12.1. The lowest BCUT2D eigenvalue weighted by atomic mass is 9.99. The van der Waals surface area contributed by atoms with Gasteiger partial charge in [-0.3, -0.25) is 0 Å². The summed E-state index contributed by atoms with van der Waals surface area (Å²) in [5.74, 6) is -0.707. The monoisotopic (exact) mass is 358 g/mol. The zero-order valence-corrected chi connectivity index (χ0v) is 12.9. The van der Waals surface area contributed by atoms with Gasteiger partial charge in [0.15, 0.2) is 0 Å². The smallest absolute Gasteiger partial charge is 0.133 e. The Bertz CT molecular complexity index is 662. The predicted molar refractivity (Wildman–Crippen MR) is 77.7 cm³/mol. The first-order valence-corrected chi connectivity index (χ1v) is 6.81. The van der Waals surface area contributed by atoms with Crippen molar-refractivity contribution in [2.75, 3.05) is 14.2 Å². The fourth-order valence-corrected chi connectivity index (χ4v) is 2.47. The van der Waals surface area contributed by atoms with Gasteiger partial charge >= 0.3 is 0 Å². The number of halogens is 3. The first-order chi connectivity index (χ1) is 9.97. The minimum absolute atomic E-state index is 0.0425. The molecule has 0 amide bonds. The second-order valence-electron chi connectivity index (χ2n) is 4.30. The highest BCUT2D eigenvalue weighted by molar-refractivity contribution is 9.10. The molecule has 112 valence electrons. The summed E-state index contributed by atoms with van der Waals surface area (Å²) in [6.07, 6.45) is -1.30. The second-order valence-corrected chi connectivity index (χ2v) is 5.15. The quantitative estimate of drug-likeness (QED) is 0.902. The lowest BCUT2D eigenvalue weighted by Gasteiger charge is -2.17. The van der Waals surface area contributed by atoms with Crippen LogP contribution in [-0.2, 0) is 0 Å². The van der Waals surface area contributed by atoms with Gasteiger partial charge in [0.05, 0.1) is 18.7 Å². The maximum Gasteiger partial charge on any atom is 0.133 e. The molecule has 0 saturated carbocycles. The van der Waals surface area contributed by atoms with Crippen LogP contribution in [0.2, 0.25) is 0 Å². The van der Waals surface area contributed by atoms with Crippen molar-refractivity contribution in [2.24, 2.45) is 0 Å². The number of aliphatic hydroxyl groups is 1.